The molecule has 29 heavy (non-hydrogen) atoms. The molecule has 0 aromatic carbocycles. The number of hydrogen-bond donors (Lipinski definition) is 0. The van der Waals surface area contributed by atoms with Crippen LogP contribution in [-0.2, 0) is 27.3 Å². The number of nitrogens with zero attached hydrogens (tertiary/aromatic N) is 2. The number of thioether (sulfide) groups is 1. The molecule has 1 saturated carbocycles. The molecule has 6 heteroatoms. The Bertz CT molecular complexity index is 705. The van der Waals surface area contributed by atoms with Gasteiger partial charge in [0.2, 0.25) is 5.91 Å². The maximum Gasteiger partial charge on any atom is 0.306 e. The van der Waals surface area contributed by atoms with E-state index in [9.17, 15) is 9.59 Å². The number of aromatic nitrogens is 1. The van der Waals surface area contributed by atoms with Gasteiger partial charge in [-0.15, -0.1) is 11.8 Å². The zero-order chi connectivity index (χ0) is 20.6. The van der Waals surface area contributed by atoms with E-state index < -0.39 is 0 Å². The smallest absolute Gasteiger partial charge is 0.306 e. The molecule has 1 aromatic rings. The van der Waals surface area contributed by atoms with E-state index in [0.29, 0.717) is 37.2 Å². The van der Waals surface area contributed by atoms with Gasteiger partial charge in [-0.3, -0.25) is 9.59 Å². The molecule has 1 aliphatic carbocycles. The summed E-state index contributed by atoms with van der Waals surface area (Å²) in [5.41, 5.74) is 2.26. The van der Waals surface area contributed by atoms with Gasteiger partial charge >= 0.3 is 5.97 Å². The van der Waals surface area contributed by atoms with Gasteiger partial charge in [0, 0.05) is 36.9 Å². The van der Waals surface area contributed by atoms with E-state index in [2.05, 4.69) is 19.9 Å². The minimum Gasteiger partial charge on any atom is -0.465 e. The zero-order valence-electron chi connectivity index (χ0n) is 17.8. The van der Waals surface area contributed by atoms with Crippen LogP contribution in [0.5, 0.6) is 0 Å². The highest BCUT2D eigenvalue weighted by atomic mass is 32.2. The highest BCUT2D eigenvalue weighted by molar-refractivity contribution is 7.99. The number of pyridine rings is 1. The Hall–Kier alpha value is -1.56. The third kappa shape index (κ3) is 6.73. The Morgan fingerprint density at radius 1 is 1.31 bits per heavy atom. The van der Waals surface area contributed by atoms with Crippen molar-refractivity contribution in [1.29, 1.82) is 0 Å². The summed E-state index contributed by atoms with van der Waals surface area (Å²) in [5.74, 6) is 1.65. The Morgan fingerprint density at radius 3 is 2.86 bits per heavy atom. The standard InChI is InChI=1S/C23H34N2O3S/c1-3-5-6-17(4-2)16-28-22(26)12-14-29-21-10-9-19-15-25(13-11-20(19)24-21)23(27)18-7-8-18/h9-10,17-18H,3-8,11-16H2,1-2H3. The molecule has 2 aliphatic rings. The number of amides is 1. The van der Waals surface area contributed by atoms with Crippen LogP contribution in [0.25, 0.3) is 0 Å². The molecular formula is C23H34N2O3S. The van der Waals surface area contributed by atoms with E-state index in [4.69, 9.17) is 9.72 Å². The van der Waals surface area contributed by atoms with Gasteiger partial charge < -0.3 is 9.64 Å². The number of ether oxygens (including phenoxy) is 1. The second kappa shape index (κ2) is 11.0. The molecule has 0 N–H and O–H groups in total. The molecule has 0 radical (unpaired) electrons. The first-order valence-corrected chi connectivity index (χ1v) is 12.1. The van der Waals surface area contributed by atoms with E-state index in [-0.39, 0.29) is 11.9 Å². The summed E-state index contributed by atoms with van der Waals surface area (Å²) in [7, 11) is 0. The Balaban J connectivity index is 1.39. The van der Waals surface area contributed by atoms with Crippen LogP contribution in [0.1, 0.15) is 70.1 Å². The molecule has 0 saturated heterocycles. The van der Waals surface area contributed by atoms with Gasteiger partial charge in [0.25, 0.3) is 0 Å². The maximum atomic E-state index is 12.3. The summed E-state index contributed by atoms with van der Waals surface area (Å²) in [6.07, 6.45) is 7.92. The molecule has 1 fully saturated rings. The number of rotatable bonds is 11. The second-order valence-electron chi connectivity index (χ2n) is 8.24. The fourth-order valence-electron chi connectivity index (χ4n) is 3.67. The first-order chi connectivity index (χ1) is 14.1. The molecule has 0 spiro atoms. The van der Waals surface area contributed by atoms with Gasteiger partial charge in [-0.25, -0.2) is 4.98 Å². The molecule has 1 unspecified atom stereocenters. The van der Waals surface area contributed by atoms with Crippen LogP contribution in [-0.4, -0.2) is 40.7 Å². The molecule has 2 heterocycles. The van der Waals surface area contributed by atoms with E-state index in [1.807, 2.05) is 11.0 Å². The van der Waals surface area contributed by atoms with Gasteiger partial charge in [0.1, 0.15) is 0 Å². The van der Waals surface area contributed by atoms with Crippen molar-refractivity contribution in [2.24, 2.45) is 11.8 Å². The summed E-state index contributed by atoms with van der Waals surface area (Å²) in [4.78, 5) is 31.0. The predicted octanol–water partition coefficient (Wildman–Crippen LogP) is 4.62. The number of carbonyl (C=O) groups is 2. The van der Waals surface area contributed by atoms with E-state index in [1.54, 1.807) is 11.8 Å². The normalized spacial score (nSPS) is 17.0. The van der Waals surface area contributed by atoms with Crippen molar-refractivity contribution in [3.8, 4) is 0 Å². The van der Waals surface area contributed by atoms with Crippen LogP contribution in [0.3, 0.4) is 0 Å². The lowest BCUT2D eigenvalue weighted by atomic mass is 10.0. The third-order valence-corrected chi connectivity index (χ3v) is 6.77. The topological polar surface area (TPSA) is 59.5 Å². The van der Waals surface area contributed by atoms with Crippen LogP contribution in [0.15, 0.2) is 17.2 Å². The number of fused-ring (bicyclic) bond motifs is 1. The summed E-state index contributed by atoms with van der Waals surface area (Å²) >= 11 is 1.60. The second-order valence-corrected chi connectivity index (χ2v) is 9.35. The maximum absolute atomic E-state index is 12.3. The number of unbranched alkanes of at least 4 members (excludes halogenated alkanes) is 1. The van der Waals surface area contributed by atoms with Crippen LogP contribution in [0.4, 0.5) is 0 Å². The summed E-state index contributed by atoms with van der Waals surface area (Å²) < 4.78 is 5.47. The Kier molecular flexibility index (Phi) is 8.40. The first-order valence-electron chi connectivity index (χ1n) is 11.2. The highest BCUT2D eigenvalue weighted by Crippen LogP contribution is 2.33. The van der Waals surface area contributed by atoms with Gasteiger partial charge in [-0.05, 0) is 36.8 Å². The monoisotopic (exact) mass is 418 g/mol. The average molecular weight is 419 g/mol. The lowest BCUT2D eigenvalue weighted by molar-refractivity contribution is -0.144. The molecule has 1 aliphatic heterocycles. The minimum atomic E-state index is -0.111. The Labute approximate surface area is 179 Å². The van der Waals surface area contributed by atoms with Crippen LogP contribution < -0.4 is 0 Å². The van der Waals surface area contributed by atoms with Crippen molar-refractivity contribution in [1.82, 2.24) is 9.88 Å². The number of carbonyl (C=O) groups excluding carboxylic acids is 2. The van der Waals surface area contributed by atoms with Gasteiger partial charge in [-0.1, -0.05) is 39.2 Å². The largest absolute Gasteiger partial charge is 0.465 e. The van der Waals surface area contributed by atoms with Crippen LogP contribution in [0, 0.1) is 11.8 Å². The molecule has 3 rings (SSSR count). The zero-order valence-corrected chi connectivity index (χ0v) is 18.6. The number of esters is 1. The summed E-state index contributed by atoms with van der Waals surface area (Å²) in [6, 6.07) is 4.10. The van der Waals surface area contributed by atoms with Crippen molar-refractivity contribution in [3.05, 3.63) is 23.4 Å². The van der Waals surface area contributed by atoms with Crippen LogP contribution >= 0.6 is 11.8 Å². The summed E-state index contributed by atoms with van der Waals surface area (Å²) in [5, 5.41) is 0.952. The van der Waals surface area contributed by atoms with Crippen LogP contribution in [0.2, 0.25) is 0 Å². The number of hydrogen-bond acceptors (Lipinski definition) is 5. The van der Waals surface area contributed by atoms with E-state index in [1.165, 1.54) is 12.8 Å². The van der Waals surface area contributed by atoms with Crippen molar-refractivity contribution < 1.29 is 14.3 Å². The molecule has 1 aromatic heterocycles. The van der Waals surface area contributed by atoms with Crippen molar-refractivity contribution in [2.75, 3.05) is 18.9 Å². The quantitative estimate of drug-likeness (QED) is 0.388. The molecular weight excluding hydrogens is 384 g/mol. The Morgan fingerprint density at radius 2 is 2.14 bits per heavy atom. The predicted molar refractivity (Wildman–Crippen MR) is 116 cm³/mol. The fraction of sp³-hybridized carbons (Fsp3) is 0.696. The molecule has 5 nitrogen and oxygen atoms in total. The van der Waals surface area contributed by atoms with Crippen molar-refractivity contribution >= 4 is 23.6 Å². The highest BCUT2D eigenvalue weighted by Gasteiger charge is 2.34. The SMILES string of the molecule is CCCCC(CC)COC(=O)CCSc1ccc2c(n1)CCN(C(=O)C1CC1)C2. The molecule has 0 bridgehead atoms. The average Bonchev–Trinajstić information content (AvgIpc) is 3.58. The summed E-state index contributed by atoms with van der Waals surface area (Å²) in [6.45, 7) is 6.35. The van der Waals surface area contributed by atoms with Gasteiger partial charge in [0.05, 0.1) is 18.1 Å². The van der Waals surface area contributed by atoms with E-state index >= 15 is 0 Å². The first kappa shape index (κ1) is 22.1. The molecule has 160 valence electrons. The lowest BCUT2D eigenvalue weighted by Gasteiger charge is -2.28. The van der Waals surface area contributed by atoms with Gasteiger partial charge in [-0.2, -0.15) is 0 Å². The van der Waals surface area contributed by atoms with Crippen molar-refractivity contribution in [2.45, 2.75) is 76.8 Å². The molecule has 1 amide bonds. The van der Waals surface area contributed by atoms with Crippen molar-refractivity contribution in [3.63, 3.8) is 0 Å². The fourth-order valence-corrected chi connectivity index (χ4v) is 4.49. The lowest BCUT2D eigenvalue weighted by Crippen LogP contribution is -2.37. The molecule has 1 atom stereocenters. The van der Waals surface area contributed by atoms with E-state index in [0.717, 1.165) is 54.9 Å². The third-order valence-electron chi connectivity index (χ3n) is 5.84. The minimum absolute atomic E-state index is 0.111. The van der Waals surface area contributed by atoms with Gasteiger partial charge in [0.15, 0.2) is 0 Å².